The fourth-order valence-corrected chi connectivity index (χ4v) is 4.14. The van der Waals surface area contributed by atoms with Gasteiger partial charge in [-0.25, -0.2) is 4.68 Å². The number of nitrogens with zero attached hydrogens (tertiary/aromatic N) is 3. The van der Waals surface area contributed by atoms with Crippen molar-refractivity contribution >= 4 is 40.7 Å². The zero-order chi connectivity index (χ0) is 20.0. The van der Waals surface area contributed by atoms with Crippen molar-refractivity contribution in [2.24, 2.45) is 0 Å². The maximum Gasteiger partial charge on any atom is 0.258 e. The molecule has 0 spiro atoms. The number of halogens is 3. The molecule has 0 atom stereocenters. The van der Waals surface area contributed by atoms with Crippen LogP contribution in [0.5, 0.6) is 0 Å². The Labute approximate surface area is 178 Å². The van der Waals surface area contributed by atoms with Crippen molar-refractivity contribution in [3.63, 3.8) is 0 Å². The highest BCUT2D eigenvalue weighted by atomic mass is 35.5. The molecule has 2 heterocycles. The second-order valence-corrected chi connectivity index (χ2v) is 8.31. The lowest BCUT2D eigenvalue weighted by Gasteiger charge is -2.30. The van der Waals surface area contributed by atoms with E-state index in [1.54, 1.807) is 28.9 Å². The zero-order valence-corrected chi connectivity index (χ0v) is 17.7. The molecule has 1 amide bonds. The number of hydrogen-bond acceptors (Lipinski definition) is 2. The highest BCUT2D eigenvalue weighted by Gasteiger charge is 2.34. The van der Waals surface area contributed by atoms with Crippen LogP contribution in [-0.2, 0) is 6.42 Å². The quantitative estimate of drug-likeness (QED) is 0.514. The lowest BCUT2D eigenvalue weighted by molar-refractivity contribution is 0.0689. The molecule has 1 aromatic heterocycles. The van der Waals surface area contributed by atoms with Crippen molar-refractivity contribution in [3.8, 4) is 16.9 Å². The molecule has 4 rings (SSSR count). The third-order valence-electron chi connectivity index (χ3n) is 4.90. The van der Waals surface area contributed by atoms with Crippen LogP contribution in [0.3, 0.4) is 0 Å². The first-order chi connectivity index (χ1) is 13.4. The number of amides is 1. The van der Waals surface area contributed by atoms with E-state index < -0.39 is 0 Å². The molecule has 0 aliphatic carbocycles. The monoisotopic (exact) mass is 433 g/mol. The summed E-state index contributed by atoms with van der Waals surface area (Å²) < 4.78 is 1.74. The minimum Gasteiger partial charge on any atom is -0.336 e. The van der Waals surface area contributed by atoms with Gasteiger partial charge in [-0.05, 0) is 44.2 Å². The molecule has 4 nitrogen and oxygen atoms in total. The van der Waals surface area contributed by atoms with Crippen LogP contribution in [0.25, 0.3) is 16.9 Å². The molecule has 1 aliphatic rings. The Hall–Kier alpha value is -2.01. The number of carbonyl (C=O) groups excluding carboxylic acids is 1. The lowest BCUT2D eigenvalue weighted by atomic mass is 9.99. The fraction of sp³-hybridized carbons (Fsp3) is 0.238. The molecular formula is C21H18Cl3N3O. The second kappa shape index (κ2) is 7.43. The van der Waals surface area contributed by atoms with Crippen LogP contribution in [0, 0.1) is 0 Å². The topological polar surface area (TPSA) is 38.1 Å². The van der Waals surface area contributed by atoms with E-state index in [4.69, 9.17) is 39.9 Å². The van der Waals surface area contributed by atoms with Gasteiger partial charge < -0.3 is 4.90 Å². The van der Waals surface area contributed by atoms with Gasteiger partial charge in [-0.15, -0.1) is 0 Å². The lowest BCUT2D eigenvalue weighted by Crippen LogP contribution is -2.42. The van der Waals surface area contributed by atoms with Crippen molar-refractivity contribution < 1.29 is 4.79 Å². The maximum atomic E-state index is 13.3. The van der Waals surface area contributed by atoms with E-state index in [1.807, 2.05) is 36.9 Å². The Balaban J connectivity index is 1.98. The first-order valence-corrected chi connectivity index (χ1v) is 10.1. The van der Waals surface area contributed by atoms with Gasteiger partial charge in [0.05, 0.1) is 27.7 Å². The zero-order valence-electron chi connectivity index (χ0n) is 15.4. The summed E-state index contributed by atoms with van der Waals surface area (Å²) in [6, 6.07) is 12.7. The van der Waals surface area contributed by atoms with Gasteiger partial charge in [-0.3, -0.25) is 4.79 Å². The van der Waals surface area contributed by atoms with Crippen LogP contribution >= 0.6 is 34.8 Å². The average Bonchev–Trinajstić information content (AvgIpc) is 3.02. The SMILES string of the molecule is CC(C)N1CCc2nn(-c3ccc(Cl)cc3Cl)c(-c3ccc(Cl)cc3)c2C1=O. The number of benzene rings is 2. The molecule has 0 radical (unpaired) electrons. The second-order valence-electron chi connectivity index (χ2n) is 7.03. The summed E-state index contributed by atoms with van der Waals surface area (Å²) in [5.74, 6) is -0.0162. The smallest absolute Gasteiger partial charge is 0.258 e. The van der Waals surface area contributed by atoms with E-state index in [1.165, 1.54) is 0 Å². The molecule has 0 fully saturated rings. The standard InChI is InChI=1S/C21H18Cl3N3O/c1-12(2)26-10-9-17-19(21(26)28)20(13-3-5-14(22)6-4-13)27(25-17)18-8-7-15(23)11-16(18)24/h3-8,11-12H,9-10H2,1-2H3. The highest BCUT2D eigenvalue weighted by Crippen LogP contribution is 2.36. The fourth-order valence-electron chi connectivity index (χ4n) is 3.53. The third-order valence-corrected chi connectivity index (χ3v) is 5.69. The minimum absolute atomic E-state index is 0.0162. The molecule has 0 saturated carbocycles. The summed E-state index contributed by atoms with van der Waals surface area (Å²) >= 11 is 18.6. The molecule has 144 valence electrons. The van der Waals surface area contributed by atoms with Gasteiger partial charge in [0.1, 0.15) is 0 Å². The molecule has 0 saturated heterocycles. The predicted molar refractivity (Wildman–Crippen MR) is 114 cm³/mol. The van der Waals surface area contributed by atoms with Crippen LogP contribution in [0.15, 0.2) is 42.5 Å². The molecular weight excluding hydrogens is 417 g/mol. The van der Waals surface area contributed by atoms with Gasteiger partial charge in [-0.2, -0.15) is 5.10 Å². The Bertz CT molecular complexity index is 1060. The number of hydrogen-bond donors (Lipinski definition) is 0. The van der Waals surface area contributed by atoms with Gasteiger partial charge in [-0.1, -0.05) is 46.9 Å². The van der Waals surface area contributed by atoms with Crippen molar-refractivity contribution in [3.05, 3.63) is 68.8 Å². The van der Waals surface area contributed by atoms with Crippen LogP contribution in [0.2, 0.25) is 15.1 Å². The first-order valence-electron chi connectivity index (χ1n) is 9.01. The van der Waals surface area contributed by atoms with Crippen molar-refractivity contribution in [2.45, 2.75) is 26.3 Å². The van der Waals surface area contributed by atoms with E-state index in [0.717, 1.165) is 11.3 Å². The summed E-state index contributed by atoms with van der Waals surface area (Å²) in [7, 11) is 0. The van der Waals surface area contributed by atoms with E-state index >= 15 is 0 Å². The molecule has 0 bridgehead atoms. The van der Waals surface area contributed by atoms with E-state index in [-0.39, 0.29) is 11.9 Å². The average molecular weight is 435 g/mol. The van der Waals surface area contributed by atoms with Crippen molar-refractivity contribution in [1.29, 1.82) is 0 Å². The van der Waals surface area contributed by atoms with Crippen LogP contribution in [0.1, 0.15) is 29.9 Å². The summed E-state index contributed by atoms with van der Waals surface area (Å²) in [6.45, 7) is 4.69. The predicted octanol–water partition coefficient (Wildman–Crippen LogP) is 5.91. The Kier molecular flexibility index (Phi) is 5.13. The highest BCUT2D eigenvalue weighted by molar-refractivity contribution is 6.35. The van der Waals surface area contributed by atoms with Gasteiger partial charge in [0, 0.05) is 34.6 Å². The number of carbonyl (C=O) groups is 1. The molecule has 2 aromatic carbocycles. The molecule has 3 aromatic rings. The van der Waals surface area contributed by atoms with Gasteiger partial charge >= 0.3 is 0 Å². The van der Waals surface area contributed by atoms with Crippen LogP contribution in [-0.4, -0.2) is 33.2 Å². The summed E-state index contributed by atoms with van der Waals surface area (Å²) in [6.07, 6.45) is 0.693. The van der Waals surface area contributed by atoms with Crippen molar-refractivity contribution in [2.75, 3.05) is 6.54 Å². The van der Waals surface area contributed by atoms with Gasteiger partial charge in [0.2, 0.25) is 0 Å². The van der Waals surface area contributed by atoms with Crippen molar-refractivity contribution in [1.82, 2.24) is 14.7 Å². The molecule has 0 N–H and O–H groups in total. The van der Waals surface area contributed by atoms with E-state index in [2.05, 4.69) is 0 Å². The minimum atomic E-state index is -0.0162. The first kappa shape index (κ1) is 19.3. The maximum absolute atomic E-state index is 13.3. The largest absolute Gasteiger partial charge is 0.336 e. The van der Waals surface area contributed by atoms with E-state index in [0.29, 0.717) is 45.0 Å². The molecule has 1 aliphatic heterocycles. The Morgan fingerprint density at radius 3 is 2.32 bits per heavy atom. The van der Waals surface area contributed by atoms with Gasteiger partial charge in [0.25, 0.3) is 5.91 Å². The Morgan fingerprint density at radius 2 is 1.68 bits per heavy atom. The summed E-state index contributed by atoms with van der Waals surface area (Å²) in [4.78, 5) is 15.2. The van der Waals surface area contributed by atoms with E-state index in [9.17, 15) is 4.79 Å². The normalized spacial score (nSPS) is 13.9. The van der Waals surface area contributed by atoms with Crippen LogP contribution < -0.4 is 0 Å². The number of aromatic nitrogens is 2. The molecule has 7 heteroatoms. The van der Waals surface area contributed by atoms with Gasteiger partial charge in [0.15, 0.2) is 0 Å². The van der Waals surface area contributed by atoms with Crippen LogP contribution in [0.4, 0.5) is 0 Å². The third kappa shape index (κ3) is 3.30. The number of rotatable bonds is 3. The summed E-state index contributed by atoms with van der Waals surface area (Å²) in [5, 5.41) is 6.40. The molecule has 0 unspecified atom stereocenters. The number of fused-ring (bicyclic) bond motifs is 1. The summed E-state index contributed by atoms with van der Waals surface area (Å²) in [5.41, 5.74) is 3.63. The molecule has 28 heavy (non-hydrogen) atoms. The Morgan fingerprint density at radius 1 is 1.00 bits per heavy atom.